The number of piperazine rings is 1. The zero-order valence-electron chi connectivity index (χ0n) is 14.2. The summed E-state index contributed by atoms with van der Waals surface area (Å²) in [6.07, 6.45) is 4.96. The van der Waals surface area contributed by atoms with E-state index in [1.165, 1.54) is 16.5 Å². The van der Waals surface area contributed by atoms with Gasteiger partial charge in [-0.1, -0.05) is 30.2 Å². The number of hydrogen-bond donors (Lipinski definition) is 2. The third-order valence-corrected chi connectivity index (χ3v) is 4.66. The van der Waals surface area contributed by atoms with E-state index in [0.717, 1.165) is 38.3 Å². The zero-order chi connectivity index (χ0) is 16.9. The van der Waals surface area contributed by atoms with Gasteiger partial charge in [-0.15, -0.1) is 0 Å². The lowest BCUT2D eigenvalue weighted by molar-refractivity contribution is 0.220. The molecule has 0 spiro atoms. The highest BCUT2D eigenvalue weighted by Gasteiger charge is 2.19. The number of benzene rings is 1. The molecule has 1 saturated heterocycles. The average molecular weight is 330 g/mol. The molecule has 0 amide bonds. The minimum Gasteiger partial charge on any atom is -0.361 e. The van der Waals surface area contributed by atoms with Crippen LogP contribution in [-0.4, -0.2) is 47.1 Å². The molecular formula is C21H22N4. The Morgan fingerprint density at radius 3 is 3.00 bits per heavy atom. The first-order valence-corrected chi connectivity index (χ1v) is 8.79. The SMILES string of the molecule is C(#Cc1ccccn1)CN1CCNC(Cc2c[nH]c3ccccc23)C1. The fourth-order valence-corrected chi connectivity index (χ4v) is 3.42. The lowest BCUT2D eigenvalue weighted by Gasteiger charge is -2.32. The highest BCUT2D eigenvalue weighted by Crippen LogP contribution is 2.19. The van der Waals surface area contributed by atoms with E-state index in [0.29, 0.717) is 6.04 Å². The van der Waals surface area contributed by atoms with E-state index in [4.69, 9.17) is 0 Å². The van der Waals surface area contributed by atoms with Crippen LogP contribution in [0.25, 0.3) is 10.9 Å². The molecule has 4 heteroatoms. The Balaban J connectivity index is 1.37. The van der Waals surface area contributed by atoms with Crippen LogP contribution in [0.5, 0.6) is 0 Å². The standard InChI is InChI=1S/C21H22N4/c1-2-9-21-20(8-1)17(15-24-21)14-19-16-25(13-11-23-19)12-5-7-18-6-3-4-10-22-18/h1-4,6,8-10,15,19,23-24H,11-14,16H2. The molecule has 1 aliphatic heterocycles. The van der Waals surface area contributed by atoms with E-state index in [1.54, 1.807) is 6.20 Å². The summed E-state index contributed by atoms with van der Waals surface area (Å²) in [6.45, 7) is 3.87. The van der Waals surface area contributed by atoms with E-state index in [2.05, 4.69) is 62.5 Å². The van der Waals surface area contributed by atoms with Crippen molar-refractivity contribution in [3.05, 3.63) is 66.1 Å². The minimum atomic E-state index is 0.463. The quantitative estimate of drug-likeness (QED) is 0.725. The molecule has 1 aromatic carbocycles. The van der Waals surface area contributed by atoms with Crippen molar-refractivity contribution in [1.29, 1.82) is 0 Å². The molecule has 3 aromatic rings. The number of H-pyrrole nitrogens is 1. The fraction of sp³-hybridized carbons (Fsp3) is 0.286. The van der Waals surface area contributed by atoms with Crippen LogP contribution in [0, 0.1) is 11.8 Å². The Bertz CT molecular complexity index is 888. The van der Waals surface area contributed by atoms with Crippen molar-refractivity contribution in [1.82, 2.24) is 20.2 Å². The molecular weight excluding hydrogens is 308 g/mol. The second kappa shape index (κ2) is 7.52. The Morgan fingerprint density at radius 1 is 1.16 bits per heavy atom. The van der Waals surface area contributed by atoms with Gasteiger partial charge in [0.25, 0.3) is 0 Å². The van der Waals surface area contributed by atoms with Crippen molar-refractivity contribution in [3.8, 4) is 11.8 Å². The number of aromatic nitrogens is 2. The molecule has 1 atom stereocenters. The van der Waals surface area contributed by atoms with Crippen molar-refractivity contribution < 1.29 is 0 Å². The highest BCUT2D eigenvalue weighted by atomic mass is 15.2. The van der Waals surface area contributed by atoms with Gasteiger partial charge in [-0.05, 0) is 36.1 Å². The molecule has 0 radical (unpaired) electrons. The molecule has 1 fully saturated rings. The smallest absolute Gasteiger partial charge is 0.113 e. The third-order valence-electron chi connectivity index (χ3n) is 4.66. The number of aromatic amines is 1. The van der Waals surface area contributed by atoms with Crippen molar-refractivity contribution in [3.63, 3.8) is 0 Å². The first kappa shape index (κ1) is 15.9. The van der Waals surface area contributed by atoms with Crippen LogP contribution in [0.2, 0.25) is 0 Å². The van der Waals surface area contributed by atoms with Crippen LogP contribution < -0.4 is 5.32 Å². The minimum absolute atomic E-state index is 0.463. The van der Waals surface area contributed by atoms with Crippen molar-refractivity contribution in [2.45, 2.75) is 12.5 Å². The van der Waals surface area contributed by atoms with Gasteiger partial charge in [-0.2, -0.15) is 0 Å². The second-order valence-corrected chi connectivity index (χ2v) is 6.47. The molecule has 126 valence electrons. The number of para-hydroxylation sites is 1. The number of rotatable bonds is 3. The lowest BCUT2D eigenvalue weighted by Crippen LogP contribution is -2.51. The largest absolute Gasteiger partial charge is 0.361 e. The van der Waals surface area contributed by atoms with Crippen molar-refractivity contribution >= 4 is 10.9 Å². The molecule has 0 aliphatic carbocycles. The summed E-state index contributed by atoms with van der Waals surface area (Å²) in [5.41, 5.74) is 3.44. The summed E-state index contributed by atoms with van der Waals surface area (Å²) in [4.78, 5) is 10.0. The summed E-state index contributed by atoms with van der Waals surface area (Å²) in [6, 6.07) is 14.8. The molecule has 3 heterocycles. The molecule has 2 N–H and O–H groups in total. The van der Waals surface area contributed by atoms with Gasteiger partial charge in [0.05, 0.1) is 6.54 Å². The summed E-state index contributed by atoms with van der Waals surface area (Å²) in [5.74, 6) is 6.41. The maximum atomic E-state index is 4.25. The van der Waals surface area contributed by atoms with Crippen LogP contribution in [0.4, 0.5) is 0 Å². The predicted molar refractivity (Wildman–Crippen MR) is 101 cm³/mol. The predicted octanol–water partition coefficient (Wildman–Crippen LogP) is 2.43. The van der Waals surface area contributed by atoms with Crippen molar-refractivity contribution in [2.24, 2.45) is 0 Å². The van der Waals surface area contributed by atoms with Gasteiger partial charge < -0.3 is 10.3 Å². The lowest BCUT2D eigenvalue weighted by atomic mass is 10.0. The topological polar surface area (TPSA) is 44.0 Å². The van der Waals surface area contributed by atoms with Gasteiger partial charge in [-0.25, -0.2) is 4.98 Å². The normalized spacial score (nSPS) is 18.0. The summed E-state index contributed by atoms with van der Waals surface area (Å²) >= 11 is 0. The summed E-state index contributed by atoms with van der Waals surface area (Å²) in [5, 5.41) is 4.97. The van der Waals surface area contributed by atoms with Gasteiger partial charge >= 0.3 is 0 Å². The summed E-state index contributed by atoms with van der Waals surface area (Å²) < 4.78 is 0. The van der Waals surface area contributed by atoms with Crippen LogP contribution in [0.1, 0.15) is 11.3 Å². The first-order valence-electron chi connectivity index (χ1n) is 8.79. The average Bonchev–Trinajstić information content (AvgIpc) is 3.06. The first-order chi connectivity index (χ1) is 12.4. The van der Waals surface area contributed by atoms with Crippen LogP contribution in [0.15, 0.2) is 54.9 Å². The van der Waals surface area contributed by atoms with Gasteiger partial charge in [0, 0.05) is 49.0 Å². The fourth-order valence-electron chi connectivity index (χ4n) is 3.42. The zero-order valence-corrected chi connectivity index (χ0v) is 14.2. The van der Waals surface area contributed by atoms with E-state index in [-0.39, 0.29) is 0 Å². The Labute approximate surface area is 148 Å². The molecule has 4 rings (SSSR count). The number of fused-ring (bicyclic) bond motifs is 1. The van der Waals surface area contributed by atoms with E-state index >= 15 is 0 Å². The molecule has 4 nitrogen and oxygen atoms in total. The third kappa shape index (κ3) is 3.90. The number of nitrogens with zero attached hydrogens (tertiary/aromatic N) is 2. The maximum Gasteiger partial charge on any atom is 0.113 e. The van der Waals surface area contributed by atoms with Crippen LogP contribution in [0.3, 0.4) is 0 Å². The van der Waals surface area contributed by atoms with E-state index in [1.807, 2.05) is 18.2 Å². The van der Waals surface area contributed by atoms with Crippen LogP contribution >= 0.6 is 0 Å². The Morgan fingerprint density at radius 2 is 2.08 bits per heavy atom. The van der Waals surface area contributed by atoms with Gasteiger partial charge in [0.15, 0.2) is 0 Å². The van der Waals surface area contributed by atoms with Gasteiger partial charge in [-0.3, -0.25) is 4.90 Å². The van der Waals surface area contributed by atoms with E-state index < -0.39 is 0 Å². The second-order valence-electron chi connectivity index (χ2n) is 6.47. The summed E-state index contributed by atoms with van der Waals surface area (Å²) in [7, 11) is 0. The molecule has 1 aliphatic rings. The maximum absolute atomic E-state index is 4.25. The van der Waals surface area contributed by atoms with E-state index in [9.17, 15) is 0 Å². The molecule has 1 unspecified atom stereocenters. The molecule has 2 aromatic heterocycles. The Hall–Kier alpha value is -2.61. The van der Waals surface area contributed by atoms with Gasteiger partial charge in [0.2, 0.25) is 0 Å². The van der Waals surface area contributed by atoms with Crippen molar-refractivity contribution in [2.75, 3.05) is 26.2 Å². The van der Waals surface area contributed by atoms with Gasteiger partial charge in [0.1, 0.15) is 5.69 Å². The number of nitrogens with one attached hydrogen (secondary N) is 2. The number of hydrogen-bond acceptors (Lipinski definition) is 3. The Kier molecular flexibility index (Phi) is 4.78. The highest BCUT2D eigenvalue weighted by molar-refractivity contribution is 5.83. The monoisotopic (exact) mass is 330 g/mol. The molecule has 0 saturated carbocycles. The molecule has 0 bridgehead atoms. The molecule has 25 heavy (non-hydrogen) atoms. The van der Waals surface area contributed by atoms with Crippen LogP contribution in [-0.2, 0) is 6.42 Å². The number of pyridine rings is 1.